The third-order valence-corrected chi connectivity index (χ3v) is 3.54. The summed E-state index contributed by atoms with van der Waals surface area (Å²) in [5.41, 5.74) is 0. The summed E-state index contributed by atoms with van der Waals surface area (Å²) in [6.07, 6.45) is 3.19. The normalized spacial score (nSPS) is 34.2. The average Bonchev–Trinajstić information content (AvgIpc) is 1.99. The molecule has 0 aromatic heterocycles. The molecule has 2 atom stereocenters. The van der Waals surface area contributed by atoms with Crippen molar-refractivity contribution in [1.29, 1.82) is 0 Å². The van der Waals surface area contributed by atoms with Crippen LogP contribution in [0.5, 0.6) is 0 Å². The Hall–Kier alpha value is -0.130. The molecule has 0 saturated carbocycles. The number of nitrogens with zero attached hydrogens (tertiary/aromatic N) is 1. The summed E-state index contributed by atoms with van der Waals surface area (Å²) < 4.78 is 27.3. The van der Waals surface area contributed by atoms with Crippen molar-refractivity contribution in [2.45, 2.75) is 18.6 Å². The molecule has 2 unspecified atom stereocenters. The lowest BCUT2D eigenvalue weighted by Crippen LogP contribution is -2.57. The second-order valence-corrected chi connectivity index (χ2v) is 6.27. The van der Waals surface area contributed by atoms with Crippen LogP contribution in [0.3, 0.4) is 0 Å². The zero-order valence-corrected chi connectivity index (χ0v) is 8.59. The third-order valence-electron chi connectivity index (χ3n) is 2.61. The van der Waals surface area contributed by atoms with Gasteiger partial charge in [-0.15, -0.1) is 0 Å². The summed E-state index contributed by atoms with van der Waals surface area (Å²) in [5, 5.41) is 0. The van der Waals surface area contributed by atoms with E-state index in [1.165, 1.54) is 6.26 Å². The first kappa shape index (κ1) is 9.43. The molecule has 3 heterocycles. The molecule has 0 aromatic rings. The summed E-state index contributed by atoms with van der Waals surface area (Å²) >= 11 is 0. The molecule has 3 fully saturated rings. The van der Waals surface area contributed by atoms with Crippen LogP contribution in [0.2, 0.25) is 0 Å². The SMILES string of the molecule is CS(=O)(=O)CCN1CC2CC(C1)O2. The Bertz CT molecular complexity index is 272. The van der Waals surface area contributed by atoms with Crippen LogP contribution >= 0.6 is 0 Å². The van der Waals surface area contributed by atoms with Gasteiger partial charge >= 0.3 is 0 Å². The number of hydrogen-bond acceptors (Lipinski definition) is 4. The van der Waals surface area contributed by atoms with E-state index >= 15 is 0 Å². The zero-order valence-electron chi connectivity index (χ0n) is 7.77. The topological polar surface area (TPSA) is 46.6 Å². The lowest BCUT2D eigenvalue weighted by atomic mass is 9.99. The van der Waals surface area contributed by atoms with Crippen LogP contribution < -0.4 is 0 Å². The van der Waals surface area contributed by atoms with E-state index in [4.69, 9.17) is 4.74 Å². The summed E-state index contributed by atoms with van der Waals surface area (Å²) in [6.45, 7) is 2.48. The molecule has 3 aliphatic heterocycles. The Morgan fingerprint density at radius 3 is 2.38 bits per heavy atom. The van der Waals surface area contributed by atoms with Gasteiger partial charge in [0.1, 0.15) is 9.84 Å². The highest BCUT2D eigenvalue weighted by atomic mass is 32.2. The van der Waals surface area contributed by atoms with Crippen LogP contribution in [-0.4, -0.2) is 57.2 Å². The fraction of sp³-hybridized carbons (Fsp3) is 1.00. The fourth-order valence-electron chi connectivity index (χ4n) is 1.92. The van der Waals surface area contributed by atoms with Crippen LogP contribution in [-0.2, 0) is 14.6 Å². The van der Waals surface area contributed by atoms with Crippen LogP contribution in [0.1, 0.15) is 6.42 Å². The Morgan fingerprint density at radius 2 is 1.92 bits per heavy atom. The average molecular weight is 205 g/mol. The van der Waals surface area contributed by atoms with Crippen LogP contribution in [0.15, 0.2) is 0 Å². The van der Waals surface area contributed by atoms with Crippen molar-refractivity contribution in [3.8, 4) is 0 Å². The van der Waals surface area contributed by atoms with E-state index < -0.39 is 9.84 Å². The molecule has 3 rings (SSSR count). The Balaban J connectivity index is 1.77. The minimum absolute atomic E-state index is 0.270. The number of fused-ring (bicyclic) bond motifs is 2. The number of rotatable bonds is 3. The Kier molecular flexibility index (Phi) is 2.33. The molecule has 0 radical (unpaired) electrons. The van der Waals surface area contributed by atoms with Crippen LogP contribution in [0.4, 0.5) is 0 Å². The largest absolute Gasteiger partial charge is 0.372 e. The number of piperidine rings is 1. The molecule has 0 spiro atoms. The van der Waals surface area contributed by atoms with Crippen molar-refractivity contribution in [2.75, 3.05) is 31.6 Å². The van der Waals surface area contributed by atoms with Gasteiger partial charge in [-0.2, -0.15) is 0 Å². The minimum Gasteiger partial charge on any atom is -0.372 e. The molecule has 3 aliphatic rings. The Labute approximate surface area is 78.8 Å². The first-order chi connectivity index (χ1) is 6.03. The van der Waals surface area contributed by atoms with Crippen molar-refractivity contribution in [2.24, 2.45) is 0 Å². The standard InChI is InChI=1S/C8H15NO3S/c1-13(10,11)3-2-9-5-7-4-8(6-9)12-7/h7-8H,2-6H2,1H3. The van der Waals surface area contributed by atoms with Gasteiger partial charge < -0.3 is 4.74 Å². The molecule has 4 nitrogen and oxygen atoms in total. The first-order valence-corrected chi connectivity index (χ1v) is 6.64. The summed E-state index contributed by atoms with van der Waals surface area (Å²) in [7, 11) is -2.81. The van der Waals surface area contributed by atoms with Gasteiger partial charge in [-0.1, -0.05) is 0 Å². The van der Waals surface area contributed by atoms with Gasteiger partial charge in [-0.3, -0.25) is 4.90 Å². The number of sulfone groups is 1. The predicted molar refractivity (Wildman–Crippen MR) is 49.4 cm³/mol. The van der Waals surface area contributed by atoms with E-state index in [-0.39, 0.29) is 5.75 Å². The summed E-state index contributed by atoms with van der Waals surface area (Å²) in [4.78, 5) is 2.18. The fourth-order valence-corrected chi connectivity index (χ4v) is 2.51. The van der Waals surface area contributed by atoms with Gasteiger partial charge in [0.15, 0.2) is 0 Å². The van der Waals surface area contributed by atoms with Crippen molar-refractivity contribution in [3.63, 3.8) is 0 Å². The van der Waals surface area contributed by atoms with Gasteiger partial charge in [-0.25, -0.2) is 8.42 Å². The summed E-state index contributed by atoms with van der Waals surface area (Å²) in [6, 6.07) is 0. The molecule has 13 heavy (non-hydrogen) atoms. The maximum absolute atomic E-state index is 10.9. The minimum atomic E-state index is -2.81. The molecule has 2 bridgehead atoms. The highest BCUT2D eigenvalue weighted by Gasteiger charge is 2.37. The lowest BCUT2D eigenvalue weighted by Gasteiger charge is -2.47. The first-order valence-electron chi connectivity index (χ1n) is 4.58. The third kappa shape index (κ3) is 2.42. The van der Waals surface area contributed by atoms with Crippen LogP contribution in [0.25, 0.3) is 0 Å². The molecule has 0 amide bonds. The van der Waals surface area contributed by atoms with Gasteiger partial charge in [0.25, 0.3) is 0 Å². The molecule has 0 N–H and O–H groups in total. The van der Waals surface area contributed by atoms with E-state index in [1.54, 1.807) is 0 Å². The summed E-state index contributed by atoms with van der Waals surface area (Å²) in [5.74, 6) is 0.270. The lowest BCUT2D eigenvalue weighted by molar-refractivity contribution is -0.179. The molecule has 5 heteroatoms. The van der Waals surface area contributed by atoms with Crippen molar-refractivity contribution in [1.82, 2.24) is 4.90 Å². The molecule has 76 valence electrons. The molecular formula is C8H15NO3S. The maximum atomic E-state index is 10.9. The van der Waals surface area contributed by atoms with E-state index in [2.05, 4.69) is 4.90 Å². The number of hydrogen-bond donors (Lipinski definition) is 0. The maximum Gasteiger partial charge on any atom is 0.148 e. The highest BCUT2D eigenvalue weighted by molar-refractivity contribution is 7.90. The zero-order chi connectivity index (χ0) is 9.47. The van der Waals surface area contributed by atoms with Gasteiger partial charge in [0.05, 0.1) is 18.0 Å². The number of ether oxygens (including phenoxy) is 1. The van der Waals surface area contributed by atoms with Gasteiger partial charge in [0, 0.05) is 32.3 Å². The van der Waals surface area contributed by atoms with E-state index in [0.29, 0.717) is 18.8 Å². The second kappa shape index (κ2) is 3.22. The monoisotopic (exact) mass is 205 g/mol. The smallest absolute Gasteiger partial charge is 0.148 e. The Morgan fingerprint density at radius 1 is 1.38 bits per heavy atom. The van der Waals surface area contributed by atoms with Crippen molar-refractivity contribution in [3.05, 3.63) is 0 Å². The second-order valence-electron chi connectivity index (χ2n) is 4.01. The van der Waals surface area contributed by atoms with Crippen LogP contribution in [0, 0.1) is 0 Å². The molecule has 3 saturated heterocycles. The van der Waals surface area contributed by atoms with Crippen molar-refractivity contribution < 1.29 is 13.2 Å². The molecule has 0 aliphatic carbocycles. The molecule has 0 aromatic carbocycles. The van der Waals surface area contributed by atoms with E-state index in [1.807, 2.05) is 0 Å². The van der Waals surface area contributed by atoms with Crippen molar-refractivity contribution >= 4 is 9.84 Å². The quantitative estimate of drug-likeness (QED) is 0.623. The molecular weight excluding hydrogens is 190 g/mol. The van der Waals surface area contributed by atoms with E-state index in [0.717, 1.165) is 19.5 Å². The van der Waals surface area contributed by atoms with Gasteiger partial charge in [-0.05, 0) is 0 Å². The van der Waals surface area contributed by atoms with E-state index in [9.17, 15) is 8.42 Å². The van der Waals surface area contributed by atoms with Gasteiger partial charge in [0.2, 0.25) is 0 Å². The number of morpholine rings is 1. The predicted octanol–water partition coefficient (Wildman–Crippen LogP) is -0.496. The highest BCUT2D eigenvalue weighted by Crippen LogP contribution is 2.27.